The van der Waals surface area contributed by atoms with Crippen molar-refractivity contribution in [3.05, 3.63) is 65.2 Å². The van der Waals surface area contributed by atoms with Crippen LogP contribution in [0.3, 0.4) is 0 Å². The van der Waals surface area contributed by atoms with Crippen molar-refractivity contribution in [2.45, 2.75) is 18.6 Å². The molecule has 2 aromatic carbocycles. The van der Waals surface area contributed by atoms with Crippen LogP contribution in [0.5, 0.6) is 0 Å². The Morgan fingerprint density at radius 1 is 1.14 bits per heavy atom. The third-order valence-electron chi connectivity index (χ3n) is 2.98. The van der Waals surface area contributed by atoms with Crippen molar-refractivity contribution in [2.75, 3.05) is 11.1 Å². The van der Waals surface area contributed by atoms with Gasteiger partial charge in [-0.2, -0.15) is 0 Å². The molecule has 0 saturated heterocycles. The summed E-state index contributed by atoms with van der Waals surface area (Å²) >= 11 is 7.41. The van der Waals surface area contributed by atoms with Crippen molar-refractivity contribution in [2.24, 2.45) is 0 Å². The van der Waals surface area contributed by atoms with Crippen molar-refractivity contribution < 1.29 is 4.79 Å². The first kappa shape index (κ1) is 15.9. The van der Waals surface area contributed by atoms with Crippen LogP contribution in [0.25, 0.3) is 0 Å². The summed E-state index contributed by atoms with van der Waals surface area (Å²) in [5.74, 6) is 1.80. The van der Waals surface area contributed by atoms with Gasteiger partial charge >= 0.3 is 0 Å². The van der Waals surface area contributed by atoms with Gasteiger partial charge < -0.3 is 5.32 Å². The molecule has 1 amide bonds. The van der Waals surface area contributed by atoms with Gasteiger partial charge in [-0.3, -0.25) is 4.79 Å². The average Bonchev–Trinajstić information content (AvgIpc) is 2.50. The Balaban J connectivity index is 1.77. The van der Waals surface area contributed by atoms with E-state index >= 15 is 0 Å². The maximum atomic E-state index is 11.9. The number of benzene rings is 2. The summed E-state index contributed by atoms with van der Waals surface area (Å²) in [6, 6.07) is 16.0. The van der Waals surface area contributed by atoms with E-state index in [-0.39, 0.29) is 5.91 Å². The van der Waals surface area contributed by atoms with Gasteiger partial charge in [0.1, 0.15) is 0 Å². The Morgan fingerprint density at radius 2 is 1.86 bits per heavy atom. The lowest BCUT2D eigenvalue weighted by molar-refractivity contribution is -0.113. The van der Waals surface area contributed by atoms with E-state index in [1.165, 1.54) is 11.1 Å². The van der Waals surface area contributed by atoms with Gasteiger partial charge in [0.2, 0.25) is 5.91 Å². The van der Waals surface area contributed by atoms with Crippen molar-refractivity contribution >= 4 is 35.0 Å². The molecule has 2 rings (SSSR count). The lowest BCUT2D eigenvalue weighted by Crippen LogP contribution is -2.14. The number of nitrogens with one attached hydrogen (secondary N) is 1. The molecule has 0 aromatic heterocycles. The molecular weight excluding hydrogens is 302 g/mol. The smallest absolute Gasteiger partial charge is 0.234 e. The molecule has 4 heteroatoms. The van der Waals surface area contributed by atoms with Crippen LogP contribution < -0.4 is 5.32 Å². The molecule has 0 spiro atoms. The molecule has 0 radical (unpaired) electrons. The summed E-state index contributed by atoms with van der Waals surface area (Å²) in [6.07, 6.45) is 0. The normalized spacial score (nSPS) is 10.4. The lowest BCUT2D eigenvalue weighted by atomic mass is 10.2. The quantitative estimate of drug-likeness (QED) is 0.788. The third kappa shape index (κ3) is 5.44. The lowest BCUT2D eigenvalue weighted by Gasteiger charge is -2.06. The highest BCUT2D eigenvalue weighted by molar-refractivity contribution is 7.99. The first-order chi connectivity index (χ1) is 10.2. The fourth-order valence-corrected chi connectivity index (χ4v) is 2.84. The summed E-state index contributed by atoms with van der Waals surface area (Å²) in [6.45, 7) is 2.02. The predicted molar refractivity (Wildman–Crippen MR) is 92.0 cm³/mol. The van der Waals surface area contributed by atoms with Crippen molar-refractivity contribution in [3.8, 4) is 0 Å². The molecule has 0 aliphatic heterocycles. The minimum absolute atomic E-state index is 0.0253. The van der Waals surface area contributed by atoms with E-state index < -0.39 is 0 Å². The minimum atomic E-state index is 0.0253. The molecule has 1 N–H and O–H groups in total. The number of thioether (sulfide) groups is 1. The van der Waals surface area contributed by atoms with E-state index in [1.807, 2.05) is 43.3 Å². The number of alkyl halides is 1. The number of carbonyl (C=O) groups is 1. The predicted octanol–water partition coefficient (Wildman–Crippen LogP) is 4.61. The summed E-state index contributed by atoms with van der Waals surface area (Å²) in [5.41, 5.74) is 4.33. The molecule has 0 atom stereocenters. The highest BCUT2D eigenvalue weighted by Crippen LogP contribution is 2.16. The second-order valence-corrected chi connectivity index (χ2v) is 6.11. The molecule has 0 unspecified atom stereocenters. The van der Waals surface area contributed by atoms with Crippen molar-refractivity contribution in [3.63, 3.8) is 0 Å². The summed E-state index contributed by atoms with van der Waals surface area (Å²) in [7, 11) is 0. The van der Waals surface area contributed by atoms with E-state index in [9.17, 15) is 4.79 Å². The van der Waals surface area contributed by atoms with Gasteiger partial charge in [0.05, 0.1) is 5.75 Å². The molecule has 0 bridgehead atoms. The van der Waals surface area contributed by atoms with E-state index in [4.69, 9.17) is 11.6 Å². The Morgan fingerprint density at radius 3 is 2.57 bits per heavy atom. The Kier molecular flexibility index (Phi) is 6.15. The second kappa shape index (κ2) is 8.11. The standard InChI is InChI=1S/C17H18ClNOS/c1-13-5-7-16(8-6-13)19-17(20)12-21-11-15-4-2-3-14(9-15)10-18/h2-9H,10-12H2,1H3,(H,19,20). The van der Waals surface area contributed by atoms with E-state index in [1.54, 1.807) is 11.8 Å². The van der Waals surface area contributed by atoms with Crippen LogP contribution in [0.15, 0.2) is 48.5 Å². The number of carbonyl (C=O) groups excluding carboxylic acids is 1. The zero-order valence-corrected chi connectivity index (χ0v) is 13.5. The zero-order valence-electron chi connectivity index (χ0n) is 11.9. The molecule has 110 valence electrons. The molecule has 2 aromatic rings. The highest BCUT2D eigenvalue weighted by atomic mass is 35.5. The summed E-state index contributed by atoms with van der Waals surface area (Å²) in [5, 5.41) is 2.90. The number of hydrogen-bond donors (Lipinski definition) is 1. The number of hydrogen-bond acceptors (Lipinski definition) is 2. The number of amides is 1. The largest absolute Gasteiger partial charge is 0.325 e. The van der Waals surface area contributed by atoms with E-state index in [0.29, 0.717) is 11.6 Å². The zero-order chi connectivity index (χ0) is 15.1. The van der Waals surface area contributed by atoms with Gasteiger partial charge in [-0.25, -0.2) is 0 Å². The SMILES string of the molecule is Cc1ccc(NC(=O)CSCc2cccc(CCl)c2)cc1. The summed E-state index contributed by atoms with van der Waals surface area (Å²) in [4.78, 5) is 11.9. The van der Waals surface area contributed by atoms with Crippen molar-refractivity contribution in [1.29, 1.82) is 0 Å². The Bertz CT molecular complexity index is 598. The maximum Gasteiger partial charge on any atom is 0.234 e. The molecule has 0 fully saturated rings. The van der Waals surface area contributed by atoms with Gasteiger partial charge in [0.15, 0.2) is 0 Å². The van der Waals surface area contributed by atoms with Crippen LogP contribution in [0.4, 0.5) is 5.69 Å². The van der Waals surface area contributed by atoms with Gasteiger partial charge in [0.25, 0.3) is 0 Å². The monoisotopic (exact) mass is 319 g/mol. The van der Waals surface area contributed by atoms with E-state index in [0.717, 1.165) is 17.0 Å². The number of halogens is 1. The molecule has 21 heavy (non-hydrogen) atoms. The fraction of sp³-hybridized carbons (Fsp3) is 0.235. The van der Waals surface area contributed by atoms with Crippen LogP contribution in [0.2, 0.25) is 0 Å². The summed E-state index contributed by atoms with van der Waals surface area (Å²) < 4.78 is 0. The number of rotatable bonds is 6. The Labute approximate surface area is 134 Å². The topological polar surface area (TPSA) is 29.1 Å². The van der Waals surface area contributed by atoms with Gasteiger partial charge in [-0.15, -0.1) is 23.4 Å². The van der Waals surface area contributed by atoms with Crippen LogP contribution in [-0.4, -0.2) is 11.7 Å². The second-order valence-electron chi connectivity index (χ2n) is 4.86. The third-order valence-corrected chi connectivity index (χ3v) is 4.30. The molecule has 0 saturated carbocycles. The van der Waals surface area contributed by atoms with Gasteiger partial charge in [-0.1, -0.05) is 42.0 Å². The van der Waals surface area contributed by atoms with Crippen LogP contribution in [0.1, 0.15) is 16.7 Å². The van der Waals surface area contributed by atoms with Gasteiger partial charge in [0, 0.05) is 17.3 Å². The van der Waals surface area contributed by atoms with Crippen LogP contribution in [0, 0.1) is 6.92 Å². The van der Waals surface area contributed by atoms with Crippen LogP contribution in [-0.2, 0) is 16.4 Å². The molecule has 2 nitrogen and oxygen atoms in total. The molecular formula is C17H18ClNOS. The molecule has 0 aliphatic rings. The molecule has 0 aliphatic carbocycles. The first-order valence-corrected chi connectivity index (χ1v) is 8.44. The minimum Gasteiger partial charge on any atom is -0.325 e. The fourth-order valence-electron chi connectivity index (χ4n) is 1.90. The highest BCUT2D eigenvalue weighted by Gasteiger charge is 2.03. The van der Waals surface area contributed by atoms with Crippen molar-refractivity contribution in [1.82, 2.24) is 0 Å². The van der Waals surface area contributed by atoms with E-state index in [2.05, 4.69) is 17.4 Å². The van der Waals surface area contributed by atoms with Gasteiger partial charge in [-0.05, 0) is 30.2 Å². The first-order valence-electron chi connectivity index (χ1n) is 6.75. The Hall–Kier alpha value is -1.45. The van der Waals surface area contributed by atoms with Crippen LogP contribution >= 0.6 is 23.4 Å². The maximum absolute atomic E-state index is 11.9. The number of anilines is 1. The number of aryl methyl sites for hydroxylation is 1. The average molecular weight is 320 g/mol. The molecule has 0 heterocycles.